The number of aromatic nitrogens is 2. The van der Waals surface area contributed by atoms with Gasteiger partial charge in [-0.2, -0.15) is 4.31 Å². The Morgan fingerprint density at radius 3 is 2.54 bits per heavy atom. The number of aromatic amines is 2. The summed E-state index contributed by atoms with van der Waals surface area (Å²) in [5.41, 5.74) is 1.42. The van der Waals surface area contributed by atoms with Gasteiger partial charge in [0.1, 0.15) is 13.2 Å². The van der Waals surface area contributed by atoms with Gasteiger partial charge < -0.3 is 19.4 Å². The predicted octanol–water partition coefficient (Wildman–Crippen LogP) is 1.45. The van der Waals surface area contributed by atoms with Crippen LogP contribution in [-0.4, -0.2) is 43.0 Å². The first-order valence-corrected chi connectivity index (χ1v) is 9.44. The molecule has 0 unspecified atom stereocenters. The van der Waals surface area contributed by atoms with Crippen molar-refractivity contribution >= 4 is 21.1 Å². The topological polar surface area (TPSA) is 104 Å². The van der Waals surface area contributed by atoms with Crippen molar-refractivity contribution in [2.24, 2.45) is 0 Å². The zero-order valence-electron chi connectivity index (χ0n) is 14.0. The zero-order chi connectivity index (χ0) is 18.3. The number of ether oxygens (including phenoxy) is 2. The molecule has 1 aromatic heterocycles. The second kappa shape index (κ2) is 6.19. The Hall–Kier alpha value is -2.78. The van der Waals surface area contributed by atoms with Gasteiger partial charge in [-0.3, -0.25) is 0 Å². The fraction of sp³-hybridized carbons (Fsp3) is 0.235. The van der Waals surface area contributed by atoms with Gasteiger partial charge in [0.2, 0.25) is 10.0 Å². The number of hydrogen-bond donors (Lipinski definition) is 2. The van der Waals surface area contributed by atoms with Crippen molar-refractivity contribution in [3.8, 4) is 11.5 Å². The molecule has 0 aliphatic carbocycles. The lowest BCUT2D eigenvalue weighted by Gasteiger charge is -2.21. The second-order valence-corrected chi connectivity index (χ2v) is 8.07. The molecule has 0 spiro atoms. The van der Waals surface area contributed by atoms with Crippen LogP contribution in [-0.2, 0) is 16.6 Å². The number of fused-ring (bicyclic) bond motifs is 2. The van der Waals surface area contributed by atoms with E-state index in [4.69, 9.17) is 9.47 Å². The molecule has 2 heterocycles. The van der Waals surface area contributed by atoms with Gasteiger partial charge in [0, 0.05) is 13.6 Å². The molecule has 0 saturated heterocycles. The molecule has 2 aromatic carbocycles. The van der Waals surface area contributed by atoms with E-state index in [1.54, 1.807) is 18.2 Å². The van der Waals surface area contributed by atoms with E-state index in [0.29, 0.717) is 35.7 Å². The fourth-order valence-corrected chi connectivity index (χ4v) is 4.07. The molecule has 0 radical (unpaired) electrons. The van der Waals surface area contributed by atoms with Crippen LogP contribution >= 0.6 is 0 Å². The van der Waals surface area contributed by atoms with Crippen LogP contribution in [0.15, 0.2) is 46.1 Å². The number of rotatable bonds is 4. The number of H-pyrrole nitrogens is 2. The van der Waals surface area contributed by atoms with Crippen molar-refractivity contribution < 1.29 is 17.9 Å². The van der Waals surface area contributed by atoms with Gasteiger partial charge >= 0.3 is 5.69 Å². The van der Waals surface area contributed by atoms with Gasteiger partial charge in [0.05, 0.1) is 15.9 Å². The summed E-state index contributed by atoms with van der Waals surface area (Å²) in [6.07, 6.45) is 0. The van der Waals surface area contributed by atoms with E-state index in [1.165, 1.54) is 23.5 Å². The van der Waals surface area contributed by atoms with Gasteiger partial charge in [-0.1, -0.05) is 6.07 Å². The highest BCUT2D eigenvalue weighted by atomic mass is 32.2. The Bertz CT molecular complexity index is 1130. The fourth-order valence-electron chi connectivity index (χ4n) is 2.88. The van der Waals surface area contributed by atoms with Crippen LogP contribution in [0.3, 0.4) is 0 Å². The van der Waals surface area contributed by atoms with E-state index in [1.807, 2.05) is 6.07 Å². The minimum Gasteiger partial charge on any atom is -0.486 e. The Labute approximate surface area is 149 Å². The number of hydrogen-bond acceptors (Lipinski definition) is 5. The molecule has 0 bridgehead atoms. The maximum absolute atomic E-state index is 12.8. The molecule has 0 saturated carbocycles. The normalized spacial score (nSPS) is 14.1. The average Bonchev–Trinajstić information content (AvgIpc) is 3.00. The minimum atomic E-state index is -3.72. The Morgan fingerprint density at radius 1 is 1.00 bits per heavy atom. The summed E-state index contributed by atoms with van der Waals surface area (Å²) in [5.74, 6) is 1.28. The van der Waals surface area contributed by atoms with Crippen LogP contribution in [0.1, 0.15) is 5.56 Å². The summed E-state index contributed by atoms with van der Waals surface area (Å²) < 4.78 is 38.0. The van der Waals surface area contributed by atoms with E-state index in [-0.39, 0.29) is 17.1 Å². The number of nitrogens with zero attached hydrogens (tertiary/aromatic N) is 1. The highest BCUT2D eigenvalue weighted by Crippen LogP contribution is 2.31. The number of imidazole rings is 1. The van der Waals surface area contributed by atoms with Crippen molar-refractivity contribution in [3.63, 3.8) is 0 Å². The Kier molecular flexibility index (Phi) is 3.97. The second-order valence-electron chi connectivity index (χ2n) is 6.03. The Balaban J connectivity index is 1.61. The van der Waals surface area contributed by atoms with Crippen molar-refractivity contribution in [1.82, 2.24) is 14.3 Å². The molecule has 136 valence electrons. The average molecular weight is 375 g/mol. The van der Waals surface area contributed by atoms with Gasteiger partial charge in [0.25, 0.3) is 0 Å². The summed E-state index contributed by atoms with van der Waals surface area (Å²) in [4.78, 5) is 16.6. The smallest absolute Gasteiger partial charge is 0.323 e. The molecule has 0 atom stereocenters. The van der Waals surface area contributed by atoms with Crippen LogP contribution in [0.2, 0.25) is 0 Å². The quantitative estimate of drug-likeness (QED) is 0.718. The van der Waals surface area contributed by atoms with E-state index >= 15 is 0 Å². The van der Waals surface area contributed by atoms with Crippen molar-refractivity contribution in [3.05, 3.63) is 52.4 Å². The number of benzene rings is 2. The highest BCUT2D eigenvalue weighted by Gasteiger charge is 2.22. The third-order valence-electron chi connectivity index (χ3n) is 4.21. The van der Waals surface area contributed by atoms with Crippen LogP contribution in [0.4, 0.5) is 0 Å². The molecule has 8 nitrogen and oxygen atoms in total. The third kappa shape index (κ3) is 2.95. The first-order valence-electron chi connectivity index (χ1n) is 8.00. The van der Waals surface area contributed by atoms with Crippen molar-refractivity contribution in [1.29, 1.82) is 0 Å². The molecule has 0 amide bonds. The SMILES string of the molecule is CN(Cc1ccc2c(c1)OCCO2)S(=O)(=O)c1ccc2[nH]c(=O)[nH]c2c1. The molecule has 26 heavy (non-hydrogen) atoms. The molecule has 3 aromatic rings. The summed E-state index contributed by atoms with van der Waals surface area (Å²) in [5, 5.41) is 0. The van der Waals surface area contributed by atoms with E-state index in [9.17, 15) is 13.2 Å². The summed E-state index contributed by atoms with van der Waals surface area (Å²) in [6, 6.07) is 9.86. The predicted molar refractivity (Wildman–Crippen MR) is 95.0 cm³/mol. The van der Waals surface area contributed by atoms with Gasteiger partial charge in [0.15, 0.2) is 11.5 Å². The van der Waals surface area contributed by atoms with E-state index in [0.717, 1.165) is 5.56 Å². The monoisotopic (exact) mass is 375 g/mol. The van der Waals surface area contributed by atoms with Crippen LogP contribution in [0, 0.1) is 0 Å². The molecule has 4 rings (SSSR count). The summed E-state index contributed by atoms with van der Waals surface area (Å²) in [6.45, 7) is 1.16. The van der Waals surface area contributed by atoms with E-state index < -0.39 is 10.0 Å². The maximum Gasteiger partial charge on any atom is 0.323 e. The highest BCUT2D eigenvalue weighted by molar-refractivity contribution is 7.89. The lowest BCUT2D eigenvalue weighted by Crippen LogP contribution is -2.26. The molecule has 2 N–H and O–H groups in total. The zero-order valence-corrected chi connectivity index (χ0v) is 14.8. The summed E-state index contributed by atoms with van der Waals surface area (Å²) >= 11 is 0. The van der Waals surface area contributed by atoms with Crippen LogP contribution in [0.25, 0.3) is 11.0 Å². The van der Waals surface area contributed by atoms with Crippen LogP contribution in [0.5, 0.6) is 11.5 Å². The standard InChI is InChI=1S/C17H17N3O5S/c1-20(10-11-2-5-15-16(8-11)25-7-6-24-15)26(22,23)12-3-4-13-14(9-12)19-17(21)18-13/h2-5,8-9H,6-7,10H2,1H3,(H2,18,19,21). The van der Waals surface area contributed by atoms with Crippen molar-refractivity contribution in [2.45, 2.75) is 11.4 Å². The third-order valence-corrected chi connectivity index (χ3v) is 6.01. The van der Waals surface area contributed by atoms with E-state index in [2.05, 4.69) is 9.97 Å². The first kappa shape index (κ1) is 16.7. The lowest BCUT2D eigenvalue weighted by molar-refractivity contribution is 0.171. The number of nitrogens with one attached hydrogen (secondary N) is 2. The molecular formula is C17H17N3O5S. The molecule has 0 fully saturated rings. The van der Waals surface area contributed by atoms with Crippen LogP contribution < -0.4 is 15.2 Å². The molecule has 1 aliphatic heterocycles. The maximum atomic E-state index is 12.8. The molecule has 1 aliphatic rings. The van der Waals surface area contributed by atoms with Crippen molar-refractivity contribution in [2.75, 3.05) is 20.3 Å². The Morgan fingerprint density at radius 2 is 1.73 bits per heavy atom. The first-order chi connectivity index (χ1) is 12.4. The number of sulfonamides is 1. The van der Waals surface area contributed by atoms with Gasteiger partial charge in [-0.25, -0.2) is 13.2 Å². The summed E-state index contributed by atoms with van der Waals surface area (Å²) in [7, 11) is -2.21. The molecular weight excluding hydrogens is 358 g/mol. The molecule has 9 heteroatoms. The minimum absolute atomic E-state index is 0.111. The largest absolute Gasteiger partial charge is 0.486 e. The van der Waals surface area contributed by atoms with Gasteiger partial charge in [-0.15, -0.1) is 0 Å². The lowest BCUT2D eigenvalue weighted by atomic mass is 10.2. The van der Waals surface area contributed by atoms with Gasteiger partial charge in [-0.05, 0) is 35.9 Å².